The highest BCUT2D eigenvalue weighted by Gasteiger charge is 2.34. The molecule has 0 radical (unpaired) electrons. The highest BCUT2D eigenvalue weighted by atomic mass is 14.9. The third-order valence-electron chi connectivity index (χ3n) is 5.63. The van der Waals surface area contributed by atoms with Crippen molar-refractivity contribution in [3.63, 3.8) is 0 Å². The largest absolute Gasteiger partial charge is 0.339 e. The van der Waals surface area contributed by atoms with Gasteiger partial charge < -0.3 is 10.7 Å². The molecule has 0 unspecified atom stereocenters. The smallest absolute Gasteiger partial charge is 0.138 e. The Bertz CT molecular complexity index is 1060. The number of fused-ring (bicyclic) bond motifs is 1. The van der Waals surface area contributed by atoms with Crippen LogP contribution in [0.1, 0.15) is 24.8 Å². The van der Waals surface area contributed by atoms with Gasteiger partial charge in [-0.1, -0.05) is 54.6 Å². The van der Waals surface area contributed by atoms with E-state index in [1.807, 2.05) is 18.3 Å². The number of hydrogen-bond acceptors (Lipinski definition) is 2. The predicted octanol–water partition coefficient (Wildman–Crippen LogP) is 5.23. The fourth-order valence-corrected chi connectivity index (χ4v) is 3.96. The van der Waals surface area contributed by atoms with Crippen LogP contribution in [-0.4, -0.2) is 9.97 Å². The summed E-state index contributed by atoms with van der Waals surface area (Å²) in [6, 6.07) is 23.3. The van der Waals surface area contributed by atoms with Crippen LogP contribution in [-0.2, 0) is 5.54 Å². The Morgan fingerprint density at radius 1 is 0.846 bits per heavy atom. The van der Waals surface area contributed by atoms with Gasteiger partial charge >= 0.3 is 0 Å². The first-order valence-corrected chi connectivity index (χ1v) is 9.16. The van der Waals surface area contributed by atoms with E-state index in [1.54, 1.807) is 0 Å². The van der Waals surface area contributed by atoms with E-state index in [0.29, 0.717) is 0 Å². The molecular weight excluding hydrogens is 318 g/mol. The summed E-state index contributed by atoms with van der Waals surface area (Å²) in [5.41, 5.74) is 13.2. The van der Waals surface area contributed by atoms with Crippen molar-refractivity contribution in [1.82, 2.24) is 9.97 Å². The Kier molecular flexibility index (Phi) is 3.44. The van der Waals surface area contributed by atoms with E-state index in [0.717, 1.165) is 29.6 Å². The monoisotopic (exact) mass is 339 g/mol. The maximum Gasteiger partial charge on any atom is 0.138 e. The molecule has 1 aliphatic rings. The number of pyridine rings is 1. The maximum atomic E-state index is 6.49. The zero-order chi connectivity index (χ0) is 17.6. The molecule has 0 atom stereocenters. The van der Waals surface area contributed by atoms with Crippen molar-refractivity contribution in [3.05, 3.63) is 78.5 Å². The molecule has 0 amide bonds. The van der Waals surface area contributed by atoms with Crippen LogP contribution in [0.4, 0.5) is 0 Å². The molecule has 1 saturated carbocycles. The van der Waals surface area contributed by atoms with Gasteiger partial charge in [-0.15, -0.1) is 0 Å². The summed E-state index contributed by atoms with van der Waals surface area (Å²) in [6.07, 6.45) is 5.22. The second-order valence-electron chi connectivity index (χ2n) is 7.23. The lowest BCUT2D eigenvalue weighted by molar-refractivity contribution is 0.253. The van der Waals surface area contributed by atoms with Crippen molar-refractivity contribution in [2.75, 3.05) is 0 Å². The number of nitrogens with two attached hydrogens (primary N) is 1. The number of nitrogens with one attached hydrogen (secondary N) is 1. The second-order valence-corrected chi connectivity index (χ2v) is 7.23. The first-order valence-electron chi connectivity index (χ1n) is 9.16. The zero-order valence-corrected chi connectivity index (χ0v) is 14.6. The average molecular weight is 339 g/mol. The summed E-state index contributed by atoms with van der Waals surface area (Å²) in [7, 11) is 0. The molecule has 0 aliphatic heterocycles. The quantitative estimate of drug-likeness (QED) is 0.536. The van der Waals surface area contributed by atoms with Gasteiger partial charge in [-0.3, -0.25) is 0 Å². The van der Waals surface area contributed by atoms with Crippen molar-refractivity contribution in [3.8, 4) is 22.4 Å². The van der Waals surface area contributed by atoms with Crippen molar-refractivity contribution < 1.29 is 0 Å². The minimum atomic E-state index is -0.122. The van der Waals surface area contributed by atoms with Crippen LogP contribution >= 0.6 is 0 Å². The van der Waals surface area contributed by atoms with E-state index in [2.05, 4.69) is 64.6 Å². The summed E-state index contributed by atoms with van der Waals surface area (Å²) in [5, 5.41) is 1.14. The Balaban J connectivity index is 1.68. The number of rotatable bonds is 3. The topological polar surface area (TPSA) is 54.7 Å². The fourth-order valence-electron chi connectivity index (χ4n) is 3.96. The second kappa shape index (κ2) is 5.82. The Morgan fingerprint density at radius 2 is 1.62 bits per heavy atom. The highest BCUT2D eigenvalue weighted by Crippen LogP contribution is 2.41. The molecule has 3 heteroatoms. The molecule has 4 aromatic rings. The Morgan fingerprint density at radius 3 is 2.31 bits per heavy atom. The molecule has 5 rings (SSSR count). The molecule has 0 bridgehead atoms. The van der Waals surface area contributed by atoms with Crippen molar-refractivity contribution in [2.24, 2.45) is 5.73 Å². The molecular formula is C23H21N3. The average Bonchev–Trinajstić information content (AvgIpc) is 3.06. The third kappa shape index (κ3) is 2.36. The van der Waals surface area contributed by atoms with Gasteiger partial charge in [0.05, 0.1) is 5.69 Å². The van der Waals surface area contributed by atoms with E-state index in [1.165, 1.54) is 28.7 Å². The van der Waals surface area contributed by atoms with E-state index >= 15 is 0 Å². The maximum absolute atomic E-state index is 6.49. The third-order valence-corrected chi connectivity index (χ3v) is 5.63. The van der Waals surface area contributed by atoms with Crippen LogP contribution in [0.15, 0.2) is 72.9 Å². The van der Waals surface area contributed by atoms with E-state index in [9.17, 15) is 0 Å². The number of H-pyrrole nitrogens is 1. The molecule has 3 N–H and O–H groups in total. The number of aromatic nitrogens is 2. The normalized spacial score (nSPS) is 15.7. The van der Waals surface area contributed by atoms with Gasteiger partial charge in [-0.2, -0.15) is 0 Å². The lowest BCUT2D eigenvalue weighted by Crippen LogP contribution is -2.43. The lowest BCUT2D eigenvalue weighted by atomic mass is 9.72. The van der Waals surface area contributed by atoms with Crippen molar-refractivity contribution >= 4 is 11.0 Å². The standard InChI is InChI=1S/C23H21N3/c24-23(13-5-14-23)18-11-9-16(10-12-18)20-19-8-4-15-25-22(19)26-21(20)17-6-2-1-3-7-17/h1-4,6-12,15H,5,13-14,24H2,(H,25,26). The lowest BCUT2D eigenvalue weighted by Gasteiger charge is -2.38. The van der Waals surface area contributed by atoms with Gasteiger partial charge in [0.15, 0.2) is 0 Å². The Hall–Kier alpha value is -2.91. The molecule has 1 aliphatic carbocycles. The summed E-state index contributed by atoms with van der Waals surface area (Å²) >= 11 is 0. The summed E-state index contributed by atoms with van der Waals surface area (Å²) in [4.78, 5) is 8.03. The molecule has 2 heterocycles. The predicted molar refractivity (Wildman–Crippen MR) is 107 cm³/mol. The van der Waals surface area contributed by atoms with Gasteiger partial charge in [0.25, 0.3) is 0 Å². The number of aromatic amines is 1. The molecule has 0 saturated heterocycles. The van der Waals surface area contributed by atoms with Crippen LogP contribution in [0.2, 0.25) is 0 Å². The van der Waals surface area contributed by atoms with Crippen LogP contribution in [0.5, 0.6) is 0 Å². The minimum Gasteiger partial charge on any atom is -0.339 e. The molecule has 0 spiro atoms. The van der Waals surface area contributed by atoms with Crippen LogP contribution in [0.25, 0.3) is 33.4 Å². The molecule has 128 valence electrons. The van der Waals surface area contributed by atoms with Crippen LogP contribution in [0.3, 0.4) is 0 Å². The summed E-state index contributed by atoms with van der Waals surface area (Å²) in [6.45, 7) is 0. The van der Waals surface area contributed by atoms with Crippen LogP contribution in [0, 0.1) is 0 Å². The van der Waals surface area contributed by atoms with Crippen LogP contribution < -0.4 is 5.73 Å². The number of benzene rings is 2. The number of nitrogens with zero attached hydrogens (tertiary/aromatic N) is 1. The van der Waals surface area contributed by atoms with Gasteiger partial charge in [0.1, 0.15) is 5.65 Å². The molecule has 1 fully saturated rings. The highest BCUT2D eigenvalue weighted by molar-refractivity contribution is 6.02. The molecule has 2 aromatic heterocycles. The summed E-state index contributed by atoms with van der Waals surface area (Å²) < 4.78 is 0. The molecule has 3 nitrogen and oxygen atoms in total. The molecule has 26 heavy (non-hydrogen) atoms. The van der Waals surface area contributed by atoms with Gasteiger partial charge in [-0.05, 0) is 48.1 Å². The van der Waals surface area contributed by atoms with E-state index in [-0.39, 0.29) is 5.54 Å². The Labute approximate surface area is 152 Å². The molecule has 2 aromatic carbocycles. The first-order chi connectivity index (χ1) is 12.7. The SMILES string of the molecule is NC1(c2ccc(-c3c(-c4ccccc4)[nH]c4ncccc34)cc2)CCC1. The van der Waals surface area contributed by atoms with Crippen molar-refractivity contribution in [1.29, 1.82) is 0 Å². The fraction of sp³-hybridized carbons (Fsp3) is 0.174. The van der Waals surface area contributed by atoms with Crippen molar-refractivity contribution in [2.45, 2.75) is 24.8 Å². The number of hydrogen-bond donors (Lipinski definition) is 2. The van der Waals surface area contributed by atoms with E-state index < -0.39 is 0 Å². The van der Waals surface area contributed by atoms with E-state index in [4.69, 9.17) is 5.73 Å². The summed E-state index contributed by atoms with van der Waals surface area (Å²) in [5.74, 6) is 0. The first kappa shape index (κ1) is 15.4. The van der Waals surface area contributed by atoms with Gasteiger partial charge in [0, 0.05) is 22.7 Å². The zero-order valence-electron chi connectivity index (χ0n) is 14.6. The minimum absolute atomic E-state index is 0.122. The van der Waals surface area contributed by atoms with Gasteiger partial charge in [0.2, 0.25) is 0 Å². The van der Waals surface area contributed by atoms with Gasteiger partial charge in [-0.25, -0.2) is 4.98 Å².